The number of nitrogens with zero attached hydrogens (tertiary/aromatic N) is 1. The Morgan fingerprint density at radius 2 is 2.05 bits per heavy atom. The van der Waals surface area contributed by atoms with Crippen molar-refractivity contribution >= 4 is 11.7 Å². The number of carbonyl (C=O) groups is 1. The summed E-state index contributed by atoms with van der Waals surface area (Å²) in [5.41, 5.74) is 7.39. The fraction of sp³-hybridized carbons (Fsp3) is 0.500. The van der Waals surface area contributed by atoms with Gasteiger partial charge in [0.1, 0.15) is 5.75 Å². The summed E-state index contributed by atoms with van der Waals surface area (Å²) in [4.78, 5) is 13.3. The van der Waals surface area contributed by atoms with E-state index in [0.717, 1.165) is 18.8 Å². The molecule has 0 heterocycles. The molecule has 1 aromatic rings. The number of carbonyl (C=O) groups excluding carboxylic acids is 1. The highest BCUT2D eigenvalue weighted by Crippen LogP contribution is 2.29. The molecule has 19 heavy (non-hydrogen) atoms. The maximum atomic E-state index is 11.2. The number of methoxy groups -OCH3 is 1. The Morgan fingerprint density at radius 1 is 1.42 bits per heavy atom. The molecule has 0 aliphatic rings. The van der Waals surface area contributed by atoms with Crippen molar-refractivity contribution in [1.29, 1.82) is 0 Å². The predicted molar refractivity (Wildman–Crippen MR) is 75.2 cm³/mol. The van der Waals surface area contributed by atoms with Crippen LogP contribution in [0, 0.1) is 0 Å². The van der Waals surface area contributed by atoms with E-state index in [9.17, 15) is 9.90 Å². The van der Waals surface area contributed by atoms with Crippen molar-refractivity contribution < 1.29 is 14.6 Å². The number of hydrogen-bond donors (Lipinski definition) is 2. The summed E-state index contributed by atoms with van der Waals surface area (Å²) in [6.45, 7) is 5.84. The maximum Gasteiger partial charge on any atom is 0.307 e. The molecule has 0 unspecified atom stereocenters. The molecule has 0 bridgehead atoms. The largest absolute Gasteiger partial charge is 0.508 e. The van der Waals surface area contributed by atoms with Gasteiger partial charge < -0.3 is 20.5 Å². The molecule has 3 N–H and O–H groups in total. The van der Waals surface area contributed by atoms with Crippen LogP contribution in [0.3, 0.4) is 0 Å². The molecule has 0 aliphatic heterocycles. The van der Waals surface area contributed by atoms with E-state index in [1.165, 1.54) is 7.11 Å². The van der Waals surface area contributed by atoms with Gasteiger partial charge in [-0.2, -0.15) is 0 Å². The van der Waals surface area contributed by atoms with Crippen LogP contribution in [0.25, 0.3) is 0 Å². The first-order valence-corrected chi connectivity index (χ1v) is 6.43. The van der Waals surface area contributed by atoms with Crippen LogP contribution in [0.5, 0.6) is 5.75 Å². The standard InChI is InChI=1S/C14H22N2O3/c1-4-16(5-2)10-6-7-11(13(17)8-10)12(15)9-14(18)19-3/h6-8,12,17H,4-5,9,15H2,1-3H3/t12-/m1/s1. The second kappa shape index (κ2) is 6.99. The highest BCUT2D eigenvalue weighted by Gasteiger charge is 2.16. The van der Waals surface area contributed by atoms with E-state index in [1.807, 2.05) is 6.07 Å². The van der Waals surface area contributed by atoms with E-state index >= 15 is 0 Å². The SMILES string of the molecule is CCN(CC)c1ccc([C@H](N)CC(=O)OC)c(O)c1. The number of ether oxygens (including phenoxy) is 1. The number of nitrogens with two attached hydrogens (primary N) is 1. The van der Waals surface area contributed by atoms with Crippen LogP contribution in [-0.2, 0) is 9.53 Å². The van der Waals surface area contributed by atoms with E-state index < -0.39 is 6.04 Å². The zero-order chi connectivity index (χ0) is 14.4. The Labute approximate surface area is 114 Å². The first kappa shape index (κ1) is 15.3. The molecule has 0 aliphatic carbocycles. The molecule has 0 saturated heterocycles. The predicted octanol–water partition coefficient (Wildman–Crippen LogP) is 1.80. The van der Waals surface area contributed by atoms with E-state index in [2.05, 4.69) is 23.5 Å². The molecule has 1 aromatic carbocycles. The fourth-order valence-corrected chi connectivity index (χ4v) is 2.00. The average Bonchev–Trinajstić information content (AvgIpc) is 2.40. The van der Waals surface area contributed by atoms with Gasteiger partial charge in [-0.25, -0.2) is 0 Å². The van der Waals surface area contributed by atoms with Crippen molar-refractivity contribution in [2.75, 3.05) is 25.1 Å². The van der Waals surface area contributed by atoms with E-state index in [4.69, 9.17) is 5.73 Å². The highest BCUT2D eigenvalue weighted by atomic mass is 16.5. The van der Waals surface area contributed by atoms with Crippen molar-refractivity contribution in [3.8, 4) is 5.75 Å². The lowest BCUT2D eigenvalue weighted by Crippen LogP contribution is -2.22. The molecule has 0 saturated carbocycles. The van der Waals surface area contributed by atoms with Gasteiger partial charge in [0.15, 0.2) is 0 Å². The van der Waals surface area contributed by atoms with Crippen molar-refractivity contribution in [1.82, 2.24) is 0 Å². The summed E-state index contributed by atoms with van der Waals surface area (Å²) in [6.07, 6.45) is 0.0503. The fourth-order valence-electron chi connectivity index (χ4n) is 2.00. The summed E-state index contributed by atoms with van der Waals surface area (Å²) in [6, 6.07) is 4.79. The molecule has 1 atom stereocenters. The first-order chi connectivity index (χ1) is 9.03. The van der Waals surface area contributed by atoms with Crippen LogP contribution in [0.15, 0.2) is 18.2 Å². The number of hydrogen-bond acceptors (Lipinski definition) is 5. The van der Waals surface area contributed by atoms with Gasteiger partial charge in [0.25, 0.3) is 0 Å². The molecule has 0 spiro atoms. The van der Waals surface area contributed by atoms with Crippen molar-refractivity contribution in [3.05, 3.63) is 23.8 Å². The normalized spacial score (nSPS) is 12.0. The second-order valence-electron chi connectivity index (χ2n) is 4.30. The van der Waals surface area contributed by atoms with Gasteiger partial charge in [0.05, 0.1) is 13.5 Å². The Bertz CT molecular complexity index is 431. The number of anilines is 1. The summed E-state index contributed by atoms with van der Waals surface area (Å²) >= 11 is 0. The number of rotatable bonds is 6. The molecule has 0 radical (unpaired) electrons. The van der Waals surface area contributed by atoms with Gasteiger partial charge in [-0.1, -0.05) is 6.07 Å². The molecular weight excluding hydrogens is 244 g/mol. The molecule has 0 fully saturated rings. The minimum absolute atomic E-state index is 0.0503. The van der Waals surface area contributed by atoms with Crippen molar-refractivity contribution in [3.63, 3.8) is 0 Å². The smallest absolute Gasteiger partial charge is 0.307 e. The van der Waals surface area contributed by atoms with Crippen LogP contribution in [0.2, 0.25) is 0 Å². The average molecular weight is 266 g/mol. The lowest BCUT2D eigenvalue weighted by molar-refractivity contribution is -0.141. The zero-order valence-electron chi connectivity index (χ0n) is 11.7. The van der Waals surface area contributed by atoms with Gasteiger partial charge >= 0.3 is 5.97 Å². The molecule has 106 valence electrons. The van der Waals surface area contributed by atoms with Crippen LogP contribution >= 0.6 is 0 Å². The third-order valence-corrected chi connectivity index (χ3v) is 3.16. The van der Waals surface area contributed by atoms with Gasteiger partial charge in [-0.15, -0.1) is 0 Å². The Morgan fingerprint density at radius 3 is 2.53 bits per heavy atom. The topological polar surface area (TPSA) is 75.8 Å². The summed E-state index contributed by atoms with van der Waals surface area (Å²) in [5.74, 6) is -0.277. The first-order valence-electron chi connectivity index (χ1n) is 6.43. The number of aromatic hydroxyl groups is 1. The number of phenols is 1. The van der Waals surface area contributed by atoms with Gasteiger partial charge in [-0.05, 0) is 19.9 Å². The quantitative estimate of drug-likeness (QED) is 0.768. The molecular formula is C14H22N2O3. The van der Waals surface area contributed by atoms with Crippen LogP contribution in [0.1, 0.15) is 31.9 Å². The van der Waals surface area contributed by atoms with Crippen LogP contribution in [-0.4, -0.2) is 31.3 Å². The number of esters is 1. The third kappa shape index (κ3) is 3.86. The van der Waals surface area contributed by atoms with Crippen LogP contribution in [0.4, 0.5) is 5.69 Å². The molecule has 0 aromatic heterocycles. The minimum atomic E-state index is -0.557. The van der Waals surface area contributed by atoms with E-state index in [1.54, 1.807) is 12.1 Å². The lowest BCUT2D eigenvalue weighted by Gasteiger charge is -2.22. The maximum absolute atomic E-state index is 11.2. The van der Waals surface area contributed by atoms with Gasteiger partial charge in [0.2, 0.25) is 0 Å². The van der Waals surface area contributed by atoms with Crippen molar-refractivity contribution in [2.24, 2.45) is 5.73 Å². The number of benzene rings is 1. The lowest BCUT2D eigenvalue weighted by atomic mass is 10.0. The molecule has 5 heteroatoms. The van der Waals surface area contributed by atoms with Crippen molar-refractivity contribution in [2.45, 2.75) is 26.3 Å². The molecule has 0 amide bonds. The highest BCUT2D eigenvalue weighted by molar-refractivity contribution is 5.70. The minimum Gasteiger partial charge on any atom is -0.508 e. The van der Waals surface area contributed by atoms with E-state index in [0.29, 0.717) is 5.56 Å². The van der Waals surface area contributed by atoms with E-state index in [-0.39, 0.29) is 18.1 Å². The summed E-state index contributed by atoms with van der Waals surface area (Å²) < 4.78 is 4.57. The Kier molecular flexibility index (Phi) is 5.63. The second-order valence-corrected chi connectivity index (χ2v) is 4.30. The van der Waals surface area contributed by atoms with Gasteiger partial charge in [-0.3, -0.25) is 4.79 Å². The Balaban J connectivity index is 2.90. The zero-order valence-corrected chi connectivity index (χ0v) is 11.7. The molecule has 1 rings (SSSR count). The third-order valence-electron chi connectivity index (χ3n) is 3.16. The Hall–Kier alpha value is -1.75. The van der Waals surface area contributed by atoms with Gasteiger partial charge in [0, 0.05) is 36.4 Å². The summed E-state index contributed by atoms with van der Waals surface area (Å²) in [7, 11) is 1.32. The van der Waals surface area contributed by atoms with Crippen LogP contribution < -0.4 is 10.6 Å². The molecule has 5 nitrogen and oxygen atoms in total. The monoisotopic (exact) mass is 266 g/mol. The number of phenolic OH excluding ortho intramolecular Hbond substituents is 1. The summed E-state index contributed by atoms with van der Waals surface area (Å²) in [5, 5.41) is 10.0.